The Morgan fingerprint density at radius 2 is 1.71 bits per heavy atom. The standard InChI is InChI=1S/C39H43N3O5S/c1-26-25-48-37(40-26)34-14-8-20-42(34)38(45)30-12-6-11-29(22-30)35(43)23-31(21-27-9-4-3-5-10-27)36(44)33-13-7-19-41(39(33)46)24-28-15-17-32(47-2)18-16-28/h3-6,9-12,15-18,22,25,31,33-34,36,44H,7-8,13-14,19-21,23-24H2,1-2H3/t31-,33+,34?,36+/m1/s1. The zero-order valence-corrected chi connectivity index (χ0v) is 28.4. The maximum Gasteiger partial charge on any atom is 0.254 e. The lowest BCUT2D eigenvalue weighted by atomic mass is 9.79. The van der Waals surface area contributed by atoms with Crippen LogP contribution in [0.25, 0.3) is 0 Å². The van der Waals surface area contributed by atoms with Gasteiger partial charge < -0.3 is 19.6 Å². The summed E-state index contributed by atoms with van der Waals surface area (Å²) in [5.41, 5.74) is 3.84. The second-order valence-electron chi connectivity index (χ2n) is 13.0. The third-order valence-electron chi connectivity index (χ3n) is 9.66. The van der Waals surface area contributed by atoms with Crippen molar-refractivity contribution in [2.45, 2.75) is 64.1 Å². The molecule has 1 aromatic heterocycles. The molecule has 0 bridgehead atoms. The predicted octanol–water partition coefficient (Wildman–Crippen LogP) is 6.67. The maximum atomic E-state index is 13.9. The lowest BCUT2D eigenvalue weighted by molar-refractivity contribution is -0.145. The molecule has 2 aliphatic heterocycles. The summed E-state index contributed by atoms with van der Waals surface area (Å²) < 4.78 is 5.27. The monoisotopic (exact) mass is 665 g/mol. The van der Waals surface area contributed by atoms with Gasteiger partial charge in [0.2, 0.25) is 5.91 Å². The van der Waals surface area contributed by atoms with Crippen molar-refractivity contribution < 1.29 is 24.2 Å². The summed E-state index contributed by atoms with van der Waals surface area (Å²) in [4.78, 5) is 49.7. The van der Waals surface area contributed by atoms with Crippen LogP contribution in [-0.2, 0) is 17.8 Å². The zero-order chi connectivity index (χ0) is 33.6. The van der Waals surface area contributed by atoms with Gasteiger partial charge in [0, 0.05) is 48.3 Å². The fourth-order valence-corrected chi connectivity index (χ4v) is 8.04. The van der Waals surface area contributed by atoms with E-state index in [4.69, 9.17) is 4.74 Å². The Kier molecular flexibility index (Phi) is 10.7. The lowest BCUT2D eigenvalue weighted by Gasteiger charge is -2.37. The van der Waals surface area contributed by atoms with Gasteiger partial charge in [-0.3, -0.25) is 14.4 Å². The Bertz CT molecular complexity index is 1720. The third-order valence-corrected chi connectivity index (χ3v) is 10.7. The van der Waals surface area contributed by atoms with E-state index in [0.717, 1.165) is 46.8 Å². The van der Waals surface area contributed by atoms with Gasteiger partial charge in [-0.15, -0.1) is 11.3 Å². The highest BCUT2D eigenvalue weighted by Crippen LogP contribution is 2.35. The Morgan fingerprint density at radius 1 is 0.958 bits per heavy atom. The van der Waals surface area contributed by atoms with E-state index in [1.807, 2.05) is 76.7 Å². The number of aliphatic hydroxyl groups is 1. The maximum absolute atomic E-state index is 13.9. The molecule has 0 saturated carbocycles. The van der Waals surface area contributed by atoms with Gasteiger partial charge in [0.15, 0.2) is 5.78 Å². The molecule has 0 aliphatic carbocycles. The number of methoxy groups -OCH3 is 1. The molecule has 2 saturated heterocycles. The van der Waals surface area contributed by atoms with E-state index in [1.54, 1.807) is 42.7 Å². The van der Waals surface area contributed by atoms with E-state index >= 15 is 0 Å². The molecule has 4 atom stereocenters. The molecule has 2 fully saturated rings. The van der Waals surface area contributed by atoms with Gasteiger partial charge in [-0.1, -0.05) is 54.6 Å². The molecule has 0 radical (unpaired) electrons. The summed E-state index contributed by atoms with van der Waals surface area (Å²) in [7, 11) is 1.62. The van der Waals surface area contributed by atoms with E-state index in [2.05, 4.69) is 4.98 Å². The molecular weight excluding hydrogens is 623 g/mol. The van der Waals surface area contributed by atoms with Crippen molar-refractivity contribution in [3.05, 3.63) is 117 Å². The number of piperidine rings is 1. The number of carbonyl (C=O) groups is 3. The van der Waals surface area contributed by atoms with Crippen LogP contribution in [0.4, 0.5) is 0 Å². The van der Waals surface area contributed by atoms with Gasteiger partial charge in [-0.2, -0.15) is 0 Å². The van der Waals surface area contributed by atoms with Crippen molar-refractivity contribution in [1.82, 2.24) is 14.8 Å². The van der Waals surface area contributed by atoms with Crippen LogP contribution in [0.2, 0.25) is 0 Å². The summed E-state index contributed by atoms with van der Waals surface area (Å²) in [6.07, 6.45) is 2.63. The minimum absolute atomic E-state index is 0.0562. The van der Waals surface area contributed by atoms with E-state index < -0.39 is 17.9 Å². The third kappa shape index (κ3) is 7.69. The first-order valence-corrected chi connectivity index (χ1v) is 17.7. The molecule has 8 nitrogen and oxygen atoms in total. The minimum atomic E-state index is -1.00. The van der Waals surface area contributed by atoms with Crippen LogP contribution in [-0.4, -0.2) is 63.8 Å². The van der Waals surface area contributed by atoms with Gasteiger partial charge in [-0.25, -0.2) is 4.98 Å². The molecule has 2 aliphatic rings. The molecule has 6 rings (SSSR count). The first kappa shape index (κ1) is 33.6. The topological polar surface area (TPSA) is 100 Å². The molecule has 3 heterocycles. The van der Waals surface area contributed by atoms with Crippen LogP contribution in [0.3, 0.4) is 0 Å². The zero-order valence-electron chi connectivity index (χ0n) is 27.6. The number of hydrogen-bond donors (Lipinski definition) is 1. The number of aryl methyl sites for hydroxylation is 1. The molecule has 1 unspecified atom stereocenters. The summed E-state index contributed by atoms with van der Waals surface area (Å²) in [6, 6.07) is 24.3. The highest BCUT2D eigenvalue weighted by atomic mass is 32.1. The summed E-state index contributed by atoms with van der Waals surface area (Å²) >= 11 is 1.58. The highest BCUT2D eigenvalue weighted by Gasteiger charge is 2.39. The SMILES string of the molecule is COc1ccc(CN2CCC[C@@H]([C@@H](O)[C@@H](CC(=O)c3cccc(C(=O)N4CCCC4c4nc(C)cs4)c3)Cc3ccccc3)C2=O)cc1. The first-order chi connectivity index (χ1) is 23.3. The molecular formula is C39H43N3O5S. The second kappa shape index (κ2) is 15.3. The van der Waals surface area contributed by atoms with Crippen LogP contribution < -0.4 is 4.74 Å². The molecule has 48 heavy (non-hydrogen) atoms. The fraction of sp³-hybridized carbons (Fsp3) is 0.385. The number of nitrogens with zero attached hydrogens (tertiary/aromatic N) is 3. The number of hydrogen-bond acceptors (Lipinski definition) is 7. The molecule has 250 valence electrons. The largest absolute Gasteiger partial charge is 0.497 e. The van der Waals surface area contributed by atoms with E-state index in [0.29, 0.717) is 43.6 Å². The van der Waals surface area contributed by atoms with Crippen molar-refractivity contribution in [1.29, 1.82) is 0 Å². The Hall–Kier alpha value is -4.34. The van der Waals surface area contributed by atoms with E-state index in [-0.39, 0.29) is 30.1 Å². The van der Waals surface area contributed by atoms with Crippen molar-refractivity contribution in [2.24, 2.45) is 11.8 Å². The number of ether oxygens (including phenoxy) is 1. The molecule has 9 heteroatoms. The van der Waals surface area contributed by atoms with Crippen LogP contribution in [0.15, 0.2) is 84.2 Å². The number of benzene rings is 3. The lowest BCUT2D eigenvalue weighted by Crippen LogP contribution is -2.47. The Balaban J connectivity index is 1.18. The van der Waals surface area contributed by atoms with Crippen LogP contribution >= 0.6 is 11.3 Å². The molecule has 2 amide bonds. The van der Waals surface area contributed by atoms with Crippen LogP contribution in [0.5, 0.6) is 5.75 Å². The number of aromatic nitrogens is 1. The van der Waals surface area contributed by atoms with E-state index in [1.165, 1.54) is 0 Å². The van der Waals surface area contributed by atoms with Crippen molar-refractivity contribution in [3.63, 3.8) is 0 Å². The number of amides is 2. The summed E-state index contributed by atoms with van der Waals surface area (Å²) in [5.74, 6) is -0.676. The number of aliphatic hydroxyl groups excluding tert-OH is 1. The number of rotatable bonds is 12. The fourth-order valence-electron chi connectivity index (χ4n) is 7.09. The van der Waals surface area contributed by atoms with E-state index in [9.17, 15) is 19.5 Å². The smallest absolute Gasteiger partial charge is 0.254 e. The number of carbonyl (C=O) groups excluding carboxylic acids is 3. The van der Waals surface area contributed by atoms with Crippen LogP contribution in [0, 0.1) is 18.8 Å². The first-order valence-electron chi connectivity index (χ1n) is 16.8. The van der Waals surface area contributed by atoms with Crippen molar-refractivity contribution >= 4 is 28.9 Å². The quantitative estimate of drug-likeness (QED) is 0.170. The average Bonchev–Trinajstić information content (AvgIpc) is 3.78. The number of thiazole rings is 1. The number of ketones is 1. The molecule has 1 N–H and O–H groups in total. The van der Waals surface area contributed by atoms with Crippen molar-refractivity contribution in [2.75, 3.05) is 20.2 Å². The molecule has 0 spiro atoms. The Labute approximate surface area is 286 Å². The van der Waals surface area contributed by atoms with Crippen LogP contribution in [0.1, 0.15) is 80.7 Å². The minimum Gasteiger partial charge on any atom is -0.497 e. The Morgan fingerprint density at radius 3 is 2.44 bits per heavy atom. The van der Waals surface area contributed by atoms with Gasteiger partial charge in [0.1, 0.15) is 10.8 Å². The molecule has 3 aromatic carbocycles. The number of likely N-dealkylation sites (tertiary alicyclic amines) is 2. The van der Waals surface area contributed by atoms with Gasteiger partial charge in [0.25, 0.3) is 5.91 Å². The molecule has 4 aromatic rings. The average molecular weight is 666 g/mol. The normalized spacial score (nSPS) is 19.3. The highest BCUT2D eigenvalue weighted by molar-refractivity contribution is 7.09. The predicted molar refractivity (Wildman–Crippen MR) is 186 cm³/mol. The second-order valence-corrected chi connectivity index (χ2v) is 13.9. The summed E-state index contributed by atoms with van der Waals surface area (Å²) in [6.45, 7) is 3.68. The van der Waals surface area contributed by atoms with Gasteiger partial charge >= 0.3 is 0 Å². The van der Waals surface area contributed by atoms with Crippen molar-refractivity contribution in [3.8, 4) is 5.75 Å². The van der Waals surface area contributed by atoms with Gasteiger partial charge in [0.05, 0.1) is 25.2 Å². The summed E-state index contributed by atoms with van der Waals surface area (Å²) in [5, 5.41) is 14.8. The number of Topliss-reactive ketones (excluding diaryl/α,β-unsaturated/α-hetero) is 1. The van der Waals surface area contributed by atoms with Gasteiger partial charge in [-0.05, 0) is 80.3 Å².